The first-order valence-corrected chi connectivity index (χ1v) is 7.88. The maximum absolute atomic E-state index is 13.3. The van der Waals surface area contributed by atoms with Gasteiger partial charge in [-0.1, -0.05) is 12.1 Å². The van der Waals surface area contributed by atoms with Crippen molar-refractivity contribution >= 4 is 5.91 Å². The molecular formula is C18H19FN2O3. The van der Waals surface area contributed by atoms with E-state index in [2.05, 4.69) is 4.98 Å². The lowest BCUT2D eigenvalue weighted by Gasteiger charge is -2.35. The Balaban J connectivity index is 1.73. The highest BCUT2D eigenvalue weighted by Crippen LogP contribution is 2.21. The van der Waals surface area contributed by atoms with E-state index in [4.69, 9.17) is 5.11 Å². The molecule has 2 N–H and O–H groups in total. The van der Waals surface area contributed by atoms with Gasteiger partial charge in [0, 0.05) is 37.4 Å². The van der Waals surface area contributed by atoms with Gasteiger partial charge in [0.15, 0.2) is 0 Å². The summed E-state index contributed by atoms with van der Waals surface area (Å²) in [5.41, 5.74) is 1.66. The van der Waals surface area contributed by atoms with Crippen molar-refractivity contribution in [3.05, 3.63) is 54.0 Å². The van der Waals surface area contributed by atoms with Gasteiger partial charge in [0.2, 0.25) is 0 Å². The van der Waals surface area contributed by atoms with Gasteiger partial charge in [0.05, 0.1) is 17.4 Å². The van der Waals surface area contributed by atoms with E-state index < -0.39 is 6.10 Å². The van der Waals surface area contributed by atoms with Gasteiger partial charge >= 0.3 is 0 Å². The molecule has 2 atom stereocenters. The molecule has 2 heterocycles. The van der Waals surface area contributed by atoms with E-state index in [9.17, 15) is 14.3 Å². The fraction of sp³-hybridized carbons (Fsp3) is 0.333. The fourth-order valence-electron chi connectivity index (χ4n) is 2.90. The van der Waals surface area contributed by atoms with Crippen molar-refractivity contribution in [3.63, 3.8) is 0 Å². The van der Waals surface area contributed by atoms with E-state index in [0.717, 1.165) is 0 Å². The van der Waals surface area contributed by atoms with Crippen molar-refractivity contribution in [1.29, 1.82) is 0 Å². The van der Waals surface area contributed by atoms with E-state index in [1.165, 1.54) is 18.3 Å². The summed E-state index contributed by atoms with van der Waals surface area (Å²) >= 11 is 0. The summed E-state index contributed by atoms with van der Waals surface area (Å²) < 4.78 is 13.3. The van der Waals surface area contributed by atoms with E-state index in [1.54, 1.807) is 29.2 Å². The molecule has 126 valence electrons. The van der Waals surface area contributed by atoms with Gasteiger partial charge < -0.3 is 15.1 Å². The molecule has 0 aliphatic carbocycles. The summed E-state index contributed by atoms with van der Waals surface area (Å²) in [6.07, 6.45) is 1.32. The van der Waals surface area contributed by atoms with Crippen LogP contribution in [0.15, 0.2) is 42.6 Å². The van der Waals surface area contributed by atoms with Crippen LogP contribution in [0.4, 0.5) is 4.39 Å². The molecule has 1 fully saturated rings. The number of piperidine rings is 1. The Morgan fingerprint density at radius 3 is 2.79 bits per heavy atom. The molecule has 0 spiro atoms. The van der Waals surface area contributed by atoms with E-state index >= 15 is 0 Å². The number of carbonyl (C=O) groups is 1. The molecule has 1 aromatic heterocycles. The molecule has 1 saturated heterocycles. The minimum absolute atomic E-state index is 0.0763. The number of hydrogen-bond acceptors (Lipinski definition) is 4. The Morgan fingerprint density at radius 2 is 2.17 bits per heavy atom. The lowest BCUT2D eigenvalue weighted by Crippen LogP contribution is -2.47. The first kappa shape index (κ1) is 16.5. The lowest BCUT2D eigenvalue weighted by atomic mass is 9.94. The highest BCUT2D eigenvalue weighted by Gasteiger charge is 2.30. The van der Waals surface area contributed by atoms with Crippen molar-refractivity contribution in [2.24, 2.45) is 5.92 Å². The molecule has 0 radical (unpaired) electrons. The monoisotopic (exact) mass is 330 g/mol. The number of hydrogen-bond donors (Lipinski definition) is 2. The van der Waals surface area contributed by atoms with Crippen molar-refractivity contribution in [3.8, 4) is 11.3 Å². The highest BCUT2D eigenvalue weighted by molar-refractivity contribution is 5.94. The normalized spacial score (nSPS) is 20.9. The van der Waals surface area contributed by atoms with Crippen LogP contribution in [0.5, 0.6) is 0 Å². The van der Waals surface area contributed by atoms with Gasteiger partial charge in [-0.2, -0.15) is 0 Å². The number of aliphatic hydroxyl groups is 2. The van der Waals surface area contributed by atoms with Crippen LogP contribution in [-0.2, 0) is 0 Å². The maximum Gasteiger partial charge on any atom is 0.255 e. The van der Waals surface area contributed by atoms with E-state index in [1.807, 2.05) is 0 Å². The van der Waals surface area contributed by atoms with Crippen LogP contribution >= 0.6 is 0 Å². The molecule has 6 heteroatoms. The van der Waals surface area contributed by atoms with Crippen molar-refractivity contribution in [2.45, 2.75) is 12.5 Å². The van der Waals surface area contributed by atoms with Crippen LogP contribution in [0.3, 0.4) is 0 Å². The molecule has 5 nitrogen and oxygen atoms in total. The van der Waals surface area contributed by atoms with Crippen molar-refractivity contribution < 1.29 is 19.4 Å². The number of benzene rings is 1. The number of pyridine rings is 1. The van der Waals surface area contributed by atoms with Crippen molar-refractivity contribution in [1.82, 2.24) is 9.88 Å². The number of aromatic nitrogens is 1. The molecular weight excluding hydrogens is 311 g/mol. The largest absolute Gasteiger partial charge is 0.396 e. The van der Waals surface area contributed by atoms with Gasteiger partial charge in [-0.15, -0.1) is 0 Å². The Bertz CT molecular complexity index is 720. The first-order chi connectivity index (χ1) is 11.6. The van der Waals surface area contributed by atoms with Crippen LogP contribution < -0.4 is 0 Å². The summed E-state index contributed by atoms with van der Waals surface area (Å²) in [7, 11) is 0. The minimum Gasteiger partial charge on any atom is -0.396 e. The van der Waals surface area contributed by atoms with Gasteiger partial charge in [0.1, 0.15) is 5.82 Å². The third-order valence-electron chi connectivity index (χ3n) is 4.37. The van der Waals surface area contributed by atoms with Crippen LogP contribution in [0.1, 0.15) is 16.8 Å². The number of β-amino-alcohol motifs (C(OH)–C–C–N with tert-alkyl or cyclic N) is 1. The second kappa shape index (κ2) is 7.07. The molecule has 24 heavy (non-hydrogen) atoms. The molecule has 0 bridgehead atoms. The van der Waals surface area contributed by atoms with E-state index in [-0.39, 0.29) is 30.8 Å². The zero-order valence-corrected chi connectivity index (χ0v) is 13.1. The molecule has 2 aromatic rings. The number of nitrogens with zero attached hydrogens (tertiary/aromatic N) is 2. The van der Waals surface area contributed by atoms with Crippen LogP contribution in [0, 0.1) is 11.7 Å². The molecule has 0 unspecified atom stereocenters. The Hall–Kier alpha value is -2.31. The number of amides is 1. The number of carbonyl (C=O) groups excluding carboxylic acids is 1. The zero-order chi connectivity index (χ0) is 17.1. The average Bonchev–Trinajstić information content (AvgIpc) is 2.61. The number of likely N-dealkylation sites (tertiary alicyclic amines) is 1. The SMILES string of the molecule is O=C(c1ccc(-c2cccc(F)c2)nc1)N1CC[C@H](CO)[C@@H](O)C1. The van der Waals surface area contributed by atoms with Gasteiger partial charge in [-0.3, -0.25) is 9.78 Å². The average molecular weight is 330 g/mol. The van der Waals surface area contributed by atoms with Gasteiger partial charge in [-0.05, 0) is 30.7 Å². The summed E-state index contributed by atoms with van der Waals surface area (Å²) in [5, 5.41) is 19.1. The number of halogens is 1. The van der Waals surface area contributed by atoms with Crippen LogP contribution in [0.25, 0.3) is 11.3 Å². The summed E-state index contributed by atoms with van der Waals surface area (Å²) in [4.78, 5) is 18.3. The predicted molar refractivity (Wildman–Crippen MR) is 86.7 cm³/mol. The molecule has 1 amide bonds. The summed E-state index contributed by atoms with van der Waals surface area (Å²) in [5.74, 6) is -0.721. The quantitative estimate of drug-likeness (QED) is 0.898. The second-order valence-corrected chi connectivity index (χ2v) is 5.99. The Labute approximate surface area is 139 Å². The molecule has 1 aliphatic rings. The second-order valence-electron chi connectivity index (χ2n) is 5.99. The third-order valence-corrected chi connectivity index (χ3v) is 4.37. The Kier molecular flexibility index (Phi) is 4.87. The molecule has 0 saturated carbocycles. The van der Waals surface area contributed by atoms with Crippen LogP contribution in [-0.4, -0.2) is 51.8 Å². The third kappa shape index (κ3) is 3.44. The summed E-state index contributed by atoms with van der Waals surface area (Å²) in [6.45, 7) is 0.621. The smallest absolute Gasteiger partial charge is 0.255 e. The lowest BCUT2D eigenvalue weighted by molar-refractivity contribution is 0.000861. The van der Waals surface area contributed by atoms with Gasteiger partial charge in [0.25, 0.3) is 5.91 Å². The standard InChI is InChI=1S/C18H19FN2O3/c19-15-3-1-2-12(8-15)16-5-4-13(9-20-16)18(24)21-7-6-14(11-22)17(23)10-21/h1-5,8-9,14,17,22-23H,6-7,10-11H2/t14-,17+/m1/s1. The van der Waals surface area contributed by atoms with E-state index in [0.29, 0.717) is 29.8 Å². The molecule has 1 aliphatic heterocycles. The topological polar surface area (TPSA) is 73.7 Å². The fourth-order valence-corrected chi connectivity index (χ4v) is 2.90. The molecule has 1 aromatic carbocycles. The predicted octanol–water partition coefficient (Wildman–Crippen LogP) is 1.70. The minimum atomic E-state index is -0.716. The first-order valence-electron chi connectivity index (χ1n) is 7.88. The Morgan fingerprint density at radius 1 is 1.33 bits per heavy atom. The maximum atomic E-state index is 13.3. The number of rotatable bonds is 3. The van der Waals surface area contributed by atoms with Crippen LogP contribution in [0.2, 0.25) is 0 Å². The zero-order valence-electron chi connectivity index (χ0n) is 13.1. The number of aliphatic hydroxyl groups excluding tert-OH is 2. The highest BCUT2D eigenvalue weighted by atomic mass is 19.1. The van der Waals surface area contributed by atoms with Gasteiger partial charge in [-0.25, -0.2) is 4.39 Å². The molecule has 3 rings (SSSR count). The summed E-state index contributed by atoms with van der Waals surface area (Å²) in [6, 6.07) is 9.45. The van der Waals surface area contributed by atoms with Crippen molar-refractivity contribution in [2.75, 3.05) is 19.7 Å².